The van der Waals surface area contributed by atoms with Gasteiger partial charge in [-0.2, -0.15) is 26.3 Å². The molecule has 1 aromatic heterocycles. The van der Waals surface area contributed by atoms with Crippen molar-refractivity contribution in [2.24, 2.45) is 0 Å². The Morgan fingerprint density at radius 2 is 1.56 bits per heavy atom. The summed E-state index contributed by atoms with van der Waals surface area (Å²) in [5, 5.41) is 12.4. The summed E-state index contributed by atoms with van der Waals surface area (Å²) in [6.07, 6.45) is -7.93. The second kappa shape index (κ2) is 15.5. The molecule has 1 spiro atoms. The van der Waals surface area contributed by atoms with E-state index >= 15 is 4.39 Å². The molecule has 1 saturated heterocycles. The summed E-state index contributed by atoms with van der Waals surface area (Å²) in [6, 6.07) is 15.8. The number of hydrogen-bond acceptors (Lipinski definition) is 5. The third-order valence-electron chi connectivity index (χ3n) is 10.6. The SMILES string of the molecule is O=C(O)CCCN[C@@H](Cn1c(=O)c2c(n(Cc3c(F)cccc3C(F)(F)F)c1=O)CCC21CCN(Cc2cccc(C(F)(F)F)c2)CC1)c1ccccc1. The lowest BCUT2D eigenvalue weighted by atomic mass is 9.74. The monoisotopic (exact) mass is 760 g/mol. The molecule has 4 aromatic rings. The number of halogens is 7. The number of carboxylic acid groups (broad SMARTS) is 1. The fourth-order valence-corrected chi connectivity index (χ4v) is 7.90. The number of aliphatic carboxylic acids is 1. The van der Waals surface area contributed by atoms with Gasteiger partial charge in [0.05, 0.1) is 30.3 Å². The van der Waals surface area contributed by atoms with E-state index in [0.717, 1.165) is 39.5 Å². The van der Waals surface area contributed by atoms with Gasteiger partial charge in [-0.3, -0.25) is 23.6 Å². The predicted octanol–water partition coefficient (Wildman–Crippen LogP) is 6.91. The Morgan fingerprint density at radius 3 is 2.22 bits per heavy atom. The quantitative estimate of drug-likeness (QED) is 0.120. The van der Waals surface area contributed by atoms with Crippen LogP contribution in [-0.2, 0) is 48.6 Å². The number of aromatic nitrogens is 2. The summed E-state index contributed by atoms with van der Waals surface area (Å²) in [6.45, 7) is 0.229. The lowest BCUT2D eigenvalue weighted by Gasteiger charge is -2.40. The zero-order valence-electron chi connectivity index (χ0n) is 29.2. The third-order valence-corrected chi connectivity index (χ3v) is 10.6. The van der Waals surface area contributed by atoms with Crippen LogP contribution in [0.4, 0.5) is 30.7 Å². The van der Waals surface area contributed by atoms with E-state index in [9.17, 15) is 40.7 Å². The van der Waals surface area contributed by atoms with Gasteiger partial charge in [0.1, 0.15) is 5.82 Å². The molecule has 0 unspecified atom stereocenters. The van der Waals surface area contributed by atoms with E-state index in [4.69, 9.17) is 5.11 Å². The summed E-state index contributed by atoms with van der Waals surface area (Å²) in [7, 11) is 0. The highest BCUT2D eigenvalue weighted by molar-refractivity contribution is 5.66. The fourth-order valence-electron chi connectivity index (χ4n) is 7.90. The topological polar surface area (TPSA) is 96.6 Å². The molecule has 1 aliphatic heterocycles. The lowest BCUT2D eigenvalue weighted by molar-refractivity contribution is -0.139. The number of carboxylic acids is 1. The highest BCUT2D eigenvalue weighted by atomic mass is 19.4. The smallest absolute Gasteiger partial charge is 0.416 e. The Balaban J connectivity index is 1.40. The van der Waals surface area contributed by atoms with Gasteiger partial charge in [-0.15, -0.1) is 0 Å². The van der Waals surface area contributed by atoms with Gasteiger partial charge in [0.2, 0.25) is 0 Å². The molecule has 0 radical (unpaired) electrons. The summed E-state index contributed by atoms with van der Waals surface area (Å²) < 4.78 is 99.9. The van der Waals surface area contributed by atoms with Crippen LogP contribution in [0.15, 0.2) is 82.4 Å². The number of likely N-dealkylation sites (tertiary alicyclic amines) is 1. The molecule has 15 heteroatoms. The van der Waals surface area contributed by atoms with Gasteiger partial charge < -0.3 is 10.4 Å². The standard InChI is InChI=1S/C39H39F7N4O4/c40-30-12-5-11-29(39(44,45)46)28(30)23-49-32-14-15-37(16-19-48(20-17-37)22-25-7-4-10-27(21-25)38(41,42)43)34(32)35(53)50(36(49)54)24-31(26-8-2-1-3-9-26)47-18-6-13-33(51)52/h1-5,7-12,21,31,47H,6,13-20,22-24H2,(H,51,52)/t31-/m0/s1. The lowest BCUT2D eigenvalue weighted by Crippen LogP contribution is -2.49. The molecule has 6 rings (SSSR count). The van der Waals surface area contributed by atoms with Crippen LogP contribution >= 0.6 is 0 Å². The fraction of sp³-hybridized carbons (Fsp3) is 0.410. The summed E-state index contributed by atoms with van der Waals surface area (Å²) >= 11 is 0. The average molecular weight is 761 g/mol. The number of nitrogens with zero attached hydrogens (tertiary/aromatic N) is 3. The van der Waals surface area contributed by atoms with E-state index in [-0.39, 0.29) is 50.2 Å². The van der Waals surface area contributed by atoms with E-state index in [1.54, 1.807) is 36.4 Å². The van der Waals surface area contributed by atoms with Gasteiger partial charge in [-0.1, -0.05) is 54.6 Å². The molecule has 54 heavy (non-hydrogen) atoms. The molecule has 1 aliphatic carbocycles. The molecule has 8 nitrogen and oxygen atoms in total. The number of alkyl halides is 6. The number of nitrogens with one attached hydrogen (secondary N) is 1. The van der Waals surface area contributed by atoms with Crippen molar-refractivity contribution >= 4 is 5.97 Å². The van der Waals surface area contributed by atoms with Crippen LogP contribution in [0.3, 0.4) is 0 Å². The van der Waals surface area contributed by atoms with Gasteiger partial charge in [-0.05, 0) is 81.1 Å². The molecule has 0 saturated carbocycles. The first kappa shape index (κ1) is 38.9. The number of benzene rings is 3. The molecule has 3 aromatic carbocycles. The maximum absolute atomic E-state index is 15.2. The second-order valence-electron chi connectivity index (χ2n) is 14.0. The Labute approximate surface area is 305 Å². The number of piperidine rings is 1. The number of fused-ring (bicyclic) bond motifs is 2. The van der Waals surface area contributed by atoms with Gasteiger partial charge in [0.15, 0.2) is 0 Å². The molecule has 2 heterocycles. The summed E-state index contributed by atoms with van der Waals surface area (Å²) in [5.41, 5.74) is -3.35. The molecular formula is C39H39F7N4O4. The minimum absolute atomic E-state index is 0.127. The largest absolute Gasteiger partial charge is 0.481 e. The summed E-state index contributed by atoms with van der Waals surface area (Å²) in [4.78, 5) is 42.1. The van der Waals surface area contributed by atoms with E-state index in [1.165, 1.54) is 6.07 Å². The first-order valence-electron chi connectivity index (χ1n) is 17.7. The van der Waals surface area contributed by atoms with E-state index < -0.39 is 70.1 Å². The zero-order valence-corrected chi connectivity index (χ0v) is 29.2. The average Bonchev–Trinajstić information content (AvgIpc) is 3.49. The van der Waals surface area contributed by atoms with Crippen molar-refractivity contribution in [3.05, 3.63) is 139 Å². The number of carbonyl (C=O) groups is 1. The van der Waals surface area contributed by atoms with Crippen molar-refractivity contribution in [1.29, 1.82) is 0 Å². The van der Waals surface area contributed by atoms with Crippen molar-refractivity contribution < 1.29 is 40.6 Å². The van der Waals surface area contributed by atoms with Crippen LogP contribution < -0.4 is 16.6 Å². The molecule has 1 atom stereocenters. The van der Waals surface area contributed by atoms with Gasteiger partial charge in [0.25, 0.3) is 5.56 Å². The first-order chi connectivity index (χ1) is 25.6. The van der Waals surface area contributed by atoms with Crippen LogP contribution in [-0.4, -0.2) is 44.7 Å². The zero-order chi connectivity index (χ0) is 38.8. The van der Waals surface area contributed by atoms with Crippen molar-refractivity contribution in [3.63, 3.8) is 0 Å². The Morgan fingerprint density at radius 1 is 0.852 bits per heavy atom. The molecule has 1 fully saturated rings. The predicted molar refractivity (Wildman–Crippen MR) is 185 cm³/mol. The first-order valence-corrected chi connectivity index (χ1v) is 17.7. The summed E-state index contributed by atoms with van der Waals surface area (Å²) in [5.74, 6) is -2.15. The molecule has 288 valence electrons. The van der Waals surface area contributed by atoms with E-state index in [0.29, 0.717) is 43.5 Å². The number of rotatable bonds is 12. The van der Waals surface area contributed by atoms with Gasteiger partial charge in [-0.25, -0.2) is 9.18 Å². The van der Waals surface area contributed by atoms with Crippen molar-refractivity contribution in [1.82, 2.24) is 19.4 Å². The minimum Gasteiger partial charge on any atom is -0.481 e. The number of hydrogen-bond donors (Lipinski definition) is 2. The van der Waals surface area contributed by atoms with Crippen LogP contribution in [0.2, 0.25) is 0 Å². The second-order valence-corrected chi connectivity index (χ2v) is 14.0. The Hall–Kier alpha value is -4.76. The highest BCUT2D eigenvalue weighted by Crippen LogP contribution is 2.45. The van der Waals surface area contributed by atoms with Crippen LogP contribution in [0.25, 0.3) is 0 Å². The van der Waals surface area contributed by atoms with Gasteiger partial charge >= 0.3 is 24.0 Å². The molecule has 2 aliphatic rings. The molecule has 2 N–H and O–H groups in total. The molecule has 0 amide bonds. The minimum atomic E-state index is -4.93. The molecular weight excluding hydrogens is 721 g/mol. The van der Waals surface area contributed by atoms with Crippen LogP contribution in [0, 0.1) is 5.82 Å². The van der Waals surface area contributed by atoms with E-state index in [1.807, 2.05) is 4.90 Å². The van der Waals surface area contributed by atoms with E-state index in [2.05, 4.69) is 5.32 Å². The maximum atomic E-state index is 15.2. The third kappa shape index (κ3) is 8.31. The normalized spacial score (nSPS) is 16.4. The highest BCUT2D eigenvalue weighted by Gasteiger charge is 2.46. The van der Waals surface area contributed by atoms with Crippen LogP contribution in [0.5, 0.6) is 0 Å². The van der Waals surface area contributed by atoms with Crippen LogP contribution in [0.1, 0.15) is 77.2 Å². The Kier molecular flexibility index (Phi) is 11.2. The van der Waals surface area contributed by atoms with Gasteiger partial charge in [0, 0.05) is 35.2 Å². The Bertz CT molecular complexity index is 2100. The molecule has 0 bridgehead atoms. The van der Waals surface area contributed by atoms with Crippen molar-refractivity contribution in [2.45, 2.75) is 82.0 Å². The van der Waals surface area contributed by atoms with Crippen molar-refractivity contribution in [2.75, 3.05) is 19.6 Å². The van der Waals surface area contributed by atoms with Crippen molar-refractivity contribution in [3.8, 4) is 0 Å². The maximum Gasteiger partial charge on any atom is 0.416 e.